The summed E-state index contributed by atoms with van der Waals surface area (Å²) in [5.74, 6) is -0.692. The molecule has 17 nitrogen and oxygen atoms in total. The molecule has 282 valence electrons. The molecule has 7 aromatic rings. The molecular weight excluding hydrogens is 856 g/mol. The smallest absolute Gasteiger partial charge is 0.744 e. The Labute approximate surface area is 402 Å². The van der Waals surface area contributed by atoms with Gasteiger partial charge in [0.05, 0.1) is 43.1 Å². The van der Waals surface area contributed by atoms with Gasteiger partial charge in [-0.15, -0.1) is 25.6 Å². The zero-order valence-corrected chi connectivity index (χ0v) is 39.5. The number of aromatic hydroxyl groups is 1. The molecule has 0 atom stereocenters. The van der Waals surface area contributed by atoms with Gasteiger partial charge in [-0.25, -0.2) is 25.3 Å². The molecule has 59 heavy (non-hydrogen) atoms. The Morgan fingerprint density at radius 2 is 0.915 bits per heavy atom. The molecule has 0 aromatic heterocycles. The molecule has 0 fully saturated rings. The van der Waals surface area contributed by atoms with Gasteiger partial charge < -0.3 is 24.5 Å². The van der Waals surface area contributed by atoms with Crippen LogP contribution in [0.3, 0.4) is 0 Å². The summed E-state index contributed by atoms with van der Waals surface area (Å²) in [6, 6.07) is 26.4. The first-order valence-corrected chi connectivity index (χ1v) is 20.1. The standard InChI is InChI=1S/C36H25N7O10S3.3Na/c37-21-7-6-20-16-34(56(51,52)53)35(36(44)27(20)17-21)43-42-31-13-15-33(29-19-24(55(48,49)50)9-11-26(29)31)41-40-30-12-14-32(39-38-22-4-2-1-3-5-22)28-18-23(54(45,46)47)8-10-25(28)30;;;/h1-19,44H,37H2,(H,45,46,47)(H,48,49,50)(H,51,52,53);;;/q;3*+1/p-3. The minimum atomic E-state index is -5.19. The third kappa shape index (κ3) is 10.7. The molecular formula is C36H22N7Na3O10S3. The summed E-state index contributed by atoms with van der Waals surface area (Å²) in [7, 11) is -15.0. The summed E-state index contributed by atoms with van der Waals surface area (Å²) in [6.45, 7) is 0. The number of fused-ring (bicyclic) bond motifs is 3. The van der Waals surface area contributed by atoms with E-state index in [4.69, 9.17) is 5.73 Å². The molecule has 0 radical (unpaired) electrons. The van der Waals surface area contributed by atoms with Crippen molar-refractivity contribution in [2.45, 2.75) is 14.7 Å². The summed E-state index contributed by atoms with van der Waals surface area (Å²) in [5.41, 5.74) is 6.23. The van der Waals surface area contributed by atoms with Crippen LogP contribution in [-0.4, -0.2) is 44.0 Å². The predicted octanol–water partition coefficient (Wildman–Crippen LogP) is -0.595. The zero-order chi connectivity index (χ0) is 40.0. The first kappa shape index (κ1) is 48.1. The average molecular weight is 878 g/mol. The largest absolute Gasteiger partial charge is 1.00 e. The second-order valence-electron chi connectivity index (χ2n) is 12.0. The number of hydrogen-bond donors (Lipinski definition) is 2. The van der Waals surface area contributed by atoms with Gasteiger partial charge >= 0.3 is 88.7 Å². The Balaban J connectivity index is 0.00000256. The second kappa shape index (κ2) is 19.0. The quantitative estimate of drug-likeness (QED) is 0.0799. The fraction of sp³-hybridized carbons (Fsp3) is 0. The maximum Gasteiger partial charge on any atom is 1.00 e. The molecule has 0 aliphatic carbocycles. The number of nitrogens with two attached hydrogens (primary N) is 1. The van der Waals surface area contributed by atoms with Crippen LogP contribution in [0.5, 0.6) is 5.75 Å². The molecule has 0 bridgehead atoms. The third-order valence-corrected chi connectivity index (χ3v) is 10.9. The number of nitrogens with zero attached hydrogens (tertiary/aromatic N) is 6. The maximum absolute atomic E-state index is 12.2. The third-order valence-electron chi connectivity index (χ3n) is 8.36. The Morgan fingerprint density at radius 3 is 1.39 bits per heavy atom. The van der Waals surface area contributed by atoms with Crippen molar-refractivity contribution >= 4 is 102 Å². The van der Waals surface area contributed by atoms with Crippen LogP contribution in [0.2, 0.25) is 0 Å². The minimum absolute atomic E-state index is 0. The van der Waals surface area contributed by atoms with E-state index in [0.717, 1.165) is 30.3 Å². The number of phenols is 1. The molecule has 0 heterocycles. The number of nitrogen functional groups attached to an aromatic ring is 1. The van der Waals surface area contributed by atoms with Crippen LogP contribution < -0.4 is 94.4 Å². The second-order valence-corrected chi connectivity index (χ2v) is 16.1. The number of benzene rings is 7. The van der Waals surface area contributed by atoms with Crippen LogP contribution in [0, 0.1) is 0 Å². The van der Waals surface area contributed by atoms with Gasteiger partial charge in [0.1, 0.15) is 36.0 Å². The topological polar surface area (TPSA) is 292 Å². The number of azo groups is 3. The summed E-state index contributed by atoms with van der Waals surface area (Å²) in [6.07, 6.45) is 0. The first-order chi connectivity index (χ1) is 26.5. The predicted molar refractivity (Wildman–Crippen MR) is 201 cm³/mol. The van der Waals surface area contributed by atoms with Crippen LogP contribution in [0.4, 0.5) is 39.8 Å². The molecule has 23 heteroatoms. The molecule has 0 aliphatic rings. The molecule has 0 spiro atoms. The minimum Gasteiger partial charge on any atom is -0.744 e. The van der Waals surface area contributed by atoms with Crippen LogP contribution in [0.15, 0.2) is 161 Å². The summed E-state index contributed by atoms with van der Waals surface area (Å²) >= 11 is 0. The molecule has 0 unspecified atom stereocenters. The van der Waals surface area contributed by atoms with E-state index in [9.17, 15) is 44.0 Å². The Hall–Kier alpha value is -3.55. The van der Waals surface area contributed by atoms with Crippen LogP contribution >= 0.6 is 0 Å². The number of rotatable bonds is 9. The van der Waals surface area contributed by atoms with Gasteiger partial charge in [0, 0.05) is 32.6 Å². The van der Waals surface area contributed by atoms with Crippen molar-refractivity contribution in [3.8, 4) is 5.75 Å². The van der Waals surface area contributed by atoms with E-state index in [1.807, 2.05) is 0 Å². The van der Waals surface area contributed by atoms with E-state index < -0.39 is 56.5 Å². The zero-order valence-electron chi connectivity index (χ0n) is 31.1. The van der Waals surface area contributed by atoms with Crippen molar-refractivity contribution in [1.82, 2.24) is 0 Å². The van der Waals surface area contributed by atoms with E-state index in [0.29, 0.717) is 11.1 Å². The molecule has 0 amide bonds. The molecule has 7 aromatic carbocycles. The van der Waals surface area contributed by atoms with Crippen LogP contribution in [0.25, 0.3) is 32.3 Å². The SMILES string of the molecule is Nc1ccc2cc(S(=O)(=O)[O-])c(N=Nc3ccc(N=Nc4ccc(N=Nc5ccccc5)c5cc(S(=O)(=O)[O-])ccc45)c4cc(S(=O)(=O)[O-])ccc34)c(O)c2c1.[Na+].[Na+].[Na+]. The average Bonchev–Trinajstić information content (AvgIpc) is 3.15. The van der Waals surface area contributed by atoms with Gasteiger partial charge in [0.2, 0.25) is 0 Å². The van der Waals surface area contributed by atoms with Gasteiger partial charge in [-0.1, -0.05) is 36.4 Å². The van der Waals surface area contributed by atoms with E-state index in [-0.39, 0.29) is 144 Å². The van der Waals surface area contributed by atoms with Gasteiger partial charge in [0.15, 0.2) is 5.75 Å². The van der Waals surface area contributed by atoms with Crippen molar-refractivity contribution < 1.29 is 133 Å². The van der Waals surface area contributed by atoms with Gasteiger partial charge in [0.25, 0.3) is 0 Å². The fourth-order valence-electron chi connectivity index (χ4n) is 5.72. The summed E-state index contributed by atoms with van der Waals surface area (Å²) < 4.78 is 108. The van der Waals surface area contributed by atoms with Crippen molar-refractivity contribution in [2.24, 2.45) is 30.7 Å². The van der Waals surface area contributed by atoms with Crippen LogP contribution in [-0.2, 0) is 30.4 Å². The molecule has 3 N–H and O–H groups in total. The number of anilines is 1. The fourth-order valence-corrected chi connectivity index (χ4v) is 7.36. The van der Waals surface area contributed by atoms with E-state index in [1.54, 1.807) is 30.3 Å². The molecule has 0 saturated carbocycles. The Kier molecular flexibility index (Phi) is 15.5. The van der Waals surface area contributed by atoms with E-state index >= 15 is 0 Å². The first-order valence-electron chi connectivity index (χ1n) is 15.8. The maximum atomic E-state index is 12.2. The molecule has 0 saturated heterocycles. The van der Waals surface area contributed by atoms with Gasteiger partial charge in [-0.2, -0.15) is 5.11 Å². The number of hydrogen-bond acceptors (Lipinski definition) is 17. The summed E-state index contributed by atoms with van der Waals surface area (Å²) in [5, 5.41) is 36.9. The normalized spacial score (nSPS) is 12.3. The Morgan fingerprint density at radius 1 is 0.458 bits per heavy atom. The van der Waals surface area contributed by atoms with Crippen molar-refractivity contribution in [3.63, 3.8) is 0 Å². The van der Waals surface area contributed by atoms with Gasteiger partial charge in [-0.3, -0.25) is 0 Å². The monoisotopic (exact) mass is 877 g/mol. The van der Waals surface area contributed by atoms with Crippen molar-refractivity contribution in [3.05, 3.63) is 115 Å². The van der Waals surface area contributed by atoms with E-state index in [2.05, 4.69) is 30.7 Å². The Bertz CT molecular complexity index is 3210. The van der Waals surface area contributed by atoms with Gasteiger partial charge in [-0.05, 0) is 84.2 Å². The summed E-state index contributed by atoms with van der Waals surface area (Å²) in [4.78, 5) is -2.03. The molecule has 0 aliphatic heterocycles. The van der Waals surface area contributed by atoms with Crippen LogP contribution in [0.1, 0.15) is 0 Å². The van der Waals surface area contributed by atoms with E-state index in [1.165, 1.54) is 54.6 Å². The number of phenolic OH excluding ortho intramolecular Hbond substituents is 1. The van der Waals surface area contributed by atoms with Crippen molar-refractivity contribution in [1.29, 1.82) is 0 Å². The molecule has 7 rings (SSSR count). The van der Waals surface area contributed by atoms with Crippen molar-refractivity contribution in [2.75, 3.05) is 5.73 Å².